The highest BCUT2D eigenvalue weighted by atomic mass is 28.4. The Bertz CT molecular complexity index is 224. The Morgan fingerprint density at radius 3 is 1.89 bits per heavy atom. The molecule has 0 N–H and O–H groups in total. The predicted molar refractivity (Wildman–Crippen MR) is 79.2 cm³/mol. The van der Waals surface area contributed by atoms with E-state index >= 15 is 0 Å². The van der Waals surface area contributed by atoms with E-state index in [9.17, 15) is 0 Å². The molecule has 18 heavy (non-hydrogen) atoms. The second-order valence-electron chi connectivity index (χ2n) is 5.17. The van der Waals surface area contributed by atoms with Crippen LogP contribution in [-0.4, -0.2) is 33.9 Å². The standard InChI is InChI=1S/C14H28O3Si/c1-7-10-13(17-18(4,5)6)14(15-11-8-2)16-12-9-3/h8-9,13-14H,2-3,7,10-12H2,1,4-6H3. The summed E-state index contributed by atoms with van der Waals surface area (Å²) >= 11 is 0. The molecule has 0 rings (SSSR count). The van der Waals surface area contributed by atoms with Crippen LogP contribution in [0.4, 0.5) is 0 Å². The molecule has 0 aliphatic heterocycles. The largest absolute Gasteiger partial charge is 0.410 e. The molecule has 0 saturated carbocycles. The quantitative estimate of drug-likeness (QED) is 0.326. The molecular weight excluding hydrogens is 244 g/mol. The van der Waals surface area contributed by atoms with Crippen LogP contribution >= 0.6 is 0 Å². The van der Waals surface area contributed by atoms with Crippen LogP contribution in [0.15, 0.2) is 25.3 Å². The summed E-state index contributed by atoms with van der Waals surface area (Å²) in [4.78, 5) is 0. The molecule has 0 aliphatic carbocycles. The first kappa shape index (κ1) is 17.6. The lowest BCUT2D eigenvalue weighted by molar-refractivity contribution is -0.179. The molecule has 0 saturated heterocycles. The summed E-state index contributed by atoms with van der Waals surface area (Å²) in [5.41, 5.74) is 0. The molecule has 1 atom stereocenters. The summed E-state index contributed by atoms with van der Waals surface area (Å²) in [6, 6.07) is 0. The van der Waals surface area contributed by atoms with Gasteiger partial charge in [-0.15, -0.1) is 13.2 Å². The van der Waals surface area contributed by atoms with Gasteiger partial charge in [0.2, 0.25) is 0 Å². The number of ether oxygens (including phenoxy) is 2. The van der Waals surface area contributed by atoms with Crippen molar-refractivity contribution in [1.29, 1.82) is 0 Å². The van der Waals surface area contributed by atoms with E-state index in [0.717, 1.165) is 12.8 Å². The summed E-state index contributed by atoms with van der Waals surface area (Å²) in [7, 11) is -1.61. The van der Waals surface area contributed by atoms with E-state index in [2.05, 4.69) is 39.7 Å². The van der Waals surface area contributed by atoms with Crippen LogP contribution in [0, 0.1) is 0 Å². The van der Waals surface area contributed by atoms with E-state index in [1.165, 1.54) is 0 Å². The number of hydrogen-bond acceptors (Lipinski definition) is 3. The smallest absolute Gasteiger partial charge is 0.184 e. The monoisotopic (exact) mass is 272 g/mol. The van der Waals surface area contributed by atoms with Gasteiger partial charge >= 0.3 is 0 Å². The van der Waals surface area contributed by atoms with Crippen molar-refractivity contribution >= 4 is 8.32 Å². The van der Waals surface area contributed by atoms with Crippen LogP contribution in [0.5, 0.6) is 0 Å². The fraction of sp³-hybridized carbons (Fsp3) is 0.714. The molecule has 0 fully saturated rings. The second-order valence-corrected chi connectivity index (χ2v) is 9.63. The van der Waals surface area contributed by atoms with E-state index in [1.807, 2.05) is 0 Å². The molecule has 0 radical (unpaired) electrons. The Balaban J connectivity index is 4.59. The van der Waals surface area contributed by atoms with Crippen LogP contribution < -0.4 is 0 Å². The number of rotatable bonds is 11. The first-order valence-electron chi connectivity index (χ1n) is 6.57. The topological polar surface area (TPSA) is 27.7 Å². The van der Waals surface area contributed by atoms with E-state index in [-0.39, 0.29) is 12.4 Å². The summed E-state index contributed by atoms with van der Waals surface area (Å²) < 4.78 is 17.5. The van der Waals surface area contributed by atoms with Gasteiger partial charge < -0.3 is 13.9 Å². The fourth-order valence-corrected chi connectivity index (χ4v) is 2.71. The van der Waals surface area contributed by atoms with Crippen LogP contribution in [0.3, 0.4) is 0 Å². The molecule has 0 aromatic carbocycles. The normalized spacial score (nSPS) is 13.6. The molecule has 0 amide bonds. The minimum atomic E-state index is -1.61. The number of hydrogen-bond donors (Lipinski definition) is 0. The van der Waals surface area contributed by atoms with Crippen LogP contribution in [0.2, 0.25) is 19.6 Å². The summed E-state index contributed by atoms with van der Waals surface area (Å²) in [6.45, 7) is 16.9. The van der Waals surface area contributed by atoms with Crippen molar-refractivity contribution in [3.8, 4) is 0 Å². The molecule has 4 heteroatoms. The van der Waals surface area contributed by atoms with Crippen LogP contribution in [0.1, 0.15) is 19.8 Å². The van der Waals surface area contributed by atoms with Gasteiger partial charge in [0, 0.05) is 0 Å². The van der Waals surface area contributed by atoms with Gasteiger partial charge in [-0.25, -0.2) is 0 Å². The Morgan fingerprint density at radius 1 is 1.06 bits per heavy atom. The molecular formula is C14H28O3Si. The molecule has 0 spiro atoms. The highest BCUT2D eigenvalue weighted by Gasteiger charge is 2.28. The lowest BCUT2D eigenvalue weighted by Crippen LogP contribution is -2.41. The van der Waals surface area contributed by atoms with Crippen molar-refractivity contribution in [3.05, 3.63) is 25.3 Å². The van der Waals surface area contributed by atoms with Gasteiger partial charge in [0.15, 0.2) is 14.6 Å². The minimum Gasteiger partial charge on any atom is -0.410 e. The maximum Gasteiger partial charge on any atom is 0.184 e. The minimum absolute atomic E-state index is 0.0124. The third-order valence-electron chi connectivity index (χ3n) is 2.14. The third kappa shape index (κ3) is 8.64. The zero-order valence-corrected chi connectivity index (χ0v) is 13.3. The third-order valence-corrected chi connectivity index (χ3v) is 3.15. The van der Waals surface area contributed by atoms with Gasteiger partial charge in [-0.1, -0.05) is 25.5 Å². The average molecular weight is 272 g/mol. The SMILES string of the molecule is C=CCOC(OCC=C)C(CCC)O[Si](C)(C)C. The maximum absolute atomic E-state index is 6.15. The van der Waals surface area contributed by atoms with Gasteiger partial charge in [-0.2, -0.15) is 0 Å². The average Bonchev–Trinajstić information content (AvgIpc) is 2.27. The summed E-state index contributed by atoms with van der Waals surface area (Å²) in [5.74, 6) is 0. The molecule has 0 bridgehead atoms. The fourth-order valence-electron chi connectivity index (χ4n) is 1.58. The molecule has 1 unspecified atom stereocenters. The molecule has 0 heterocycles. The Labute approximate surface area is 113 Å². The summed E-state index contributed by atoms with van der Waals surface area (Å²) in [6.07, 6.45) is 5.07. The molecule has 0 aromatic rings. The van der Waals surface area contributed by atoms with E-state index in [0.29, 0.717) is 13.2 Å². The van der Waals surface area contributed by atoms with Crippen molar-refractivity contribution in [1.82, 2.24) is 0 Å². The zero-order valence-electron chi connectivity index (χ0n) is 12.3. The van der Waals surface area contributed by atoms with Gasteiger partial charge in [0.1, 0.15) is 0 Å². The lowest BCUT2D eigenvalue weighted by Gasteiger charge is -2.32. The first-order chi connectivity index (χ1) is 8.44. The predicted octanol–water partition coefficient (Wildman–Crippen LogP) is 3.74. The van der Waals surface area contributed by atoms with E-state index in [4.69, 9.17) is 13.9 Å². The van der Waals surface area contributed by atoms with E-state index < -0.39 is 8.32 Å². The van der Waals surface area contributed by atoms with Crippen LogP contribution in [0.25, 0.3) is 0 Å². The molecule has 106 valence electrons. The Kier molecular flexibility index (Phi) is 9.28. The van der Waals surface area contributed by atoms with Crippen molar-refractivity contribution < 1.29 is 13.9 Å². The van der Waals surface area contributed by atoms with E-state index in [1.54, 1.807) is 12.2 Å². The van der Waals surface area contributed by atoms with Crippen molar-refractivity contribution in [2.75, 3.05) is 13.2 Å². The van der Waals surface area contributed by atoms with Crippen LogP contribution in [-0.2, 0) is 13.9 Å². The van der Waals surface area contributed by atoms with Gasteiger partial charge in [0.25, 0.3) is 0 Å². The highest BCUT2D eigenvalue weighted by molar-refractivity contribution is 6.69. The first-order valence-corrected chi connectivity index (χ1v) is 9.98. The van der Waals surface area contributed by atoms with Crippen molar-refractivity contribution in [3.63, 3.8) is 0 Å². The second kappa shape index (κ2) is 9.50. The zero-order chi connectivity index (χ0) is 14.0. The lowest BCUT2D eigenvalue weighted by atomic mass is 10.2. The summed E-state index contributed by atoms with van der Waals surface area (Å²) in [5, 5.41) is 0. The van der Waals surface area contributed by atoms with Crippen molar-refractivity contribution in [2.24, 2.45) is 0 Å². The Hall–Kier alpha value is -0.423. The molecule has 3 nitrogen and oxygen atoms in total. The van der Waals surface area contributed by atoms with Gasteiger partial charge in [-0.3, -0.25) is 0 Å². The molecule has 0 aromatic heterocycles. The Morgan fingerprint density at radius 2 is 1.56 bits per heavy atom. The molecule has 0 aliphatic rings. The van der Waals surface area contributed by atoms with Gasteiger partial charge in [-0.05, 0) is 26.1 Å². The van der Waals surface area contributed by atoms with Crippen molar-refractivity contribution in [2.45, 2.75) is 51.8 Å². The maximum atomic E-state index is 6.15. The van der Waals surface area contributed by atoms with Gasteiger partial charge in [0.05, 0.1) is 19.3 Å². The highest BCUT2D eigenvalue weighted by Crippen LogP contribution is 2.18.